The Morgan fingerprint density at radius 2 is 2.08 bits per heavy atom. The molecular weight excluding hydrogens is 308 g/mol. The number of anilines is 1. The summed E-state index contributed by atoms with van der Waals surface area (Å²) in [6.45, 7) is 6.31. The van der Waals surface area contributed by atoms with Crippen molar-refractivity contribution >= 4 is 17.3 Å². The molecule has 0 spiro atoms. The number of hydrogen-bond donors (Lipinski definition) is 2. The van der Waals surface area contributed by atoms with E-state index in [9.17, 15) is 14.9 Å². The molecule has 0 saturated carbocycles. The van der Waals surface area contributed by atoms with E-state index in [2.05, 4.69) is 19.2 Å². The van der Waals surface area contributed by atoms with Gasteiger partial charge in [-0.05, 0) is 30.4 Å². The van der Waals surface area contributed by atoms with Crippen LogP contribution in [0.5, 0.6) is 0 Å². The summed E-state index contributed by atoms with van der Waals surface area (Å²) in [7, 11) is 0. The van der Waals surface area contributed by atoms with E-state index in [1.165, 1.54) is 12.1 Å². The van der Waals surface area contributed by atoms with Gasteiger partial charge in [-0.2, -0.15) is 0 Å². The number of carbonyl (C=O) groups excluding carboxylic acids is 1. The smallest absolute Gasteiger partial charge is 0.269 e. The number of benzene rings is 1. The lowest BCUT2D eigenvalue weighted by atomic mass is 9.79. The number of rotatable bonds is 6. The van der Waals surface area contributed by atoms with Crippen LogP contribution >= 0.6 is 0 Å². The van der Waals surface area contributed by atoms with E-state index in [-0.39, 0.29) is 23.1 Å². The molecule has 0 aromatic heterocycles. The number of nitro groups is 1. The normalized spacial score (nSPS) is 19.8. The van der Waals surface area contributed by atoms with Gasteiger partial charge in [0.25, 0.3) is 5.69 Å². The Labute approximate surface area is 142 Å². The number of nitrogens with zero attached hydrogens (tertiary/aromatic N) is 2. The summed E-state index contributed by atoms with van der Waals surface area (Å²) in [4.78, 5) is 24.4. The highest BCUT2D eigenvalue weighted by Gasteiger charge is 2.34. The van der Waals surface area contributed by atoms with E-state index in [0.29, 0.717) is 19.5 Å². The Hall–Kier alpha value is -2.15. The second-order valence-electron chi connectivity index (χ2n) is 7.03. The number of nitrogens with two attached hydrogens (primary N) is 1. The highest BCUT2D eigenvalue weighted by molar-refractivity contribution is 5.76. The van der Waals surface area contributed by atoms with Crippen LogP contribution in [0.1, 0.15) is 33.1 Å². The number of piperidine rings is 1. The molecule has 24 heavy (non-hydrogen) atoms. The zero-order valence-corrected chi connectivity index (χ0v) is 14.3. The second kappa shape index (κ2) is 7.61. The average molecular weight is 334 g/mol. The first-order valence-corrected chi connectivity index (χ1v) is 8.31. The molecule has 1 saturated heterocycles. The number of nitrogens with one attached hydrogen (secondary N) is 1. The van der Waals surface area contributed by atoms with Crippen molar-refractivity contribution in [3.05, 3.63) is 34.4 Å². The van der Waals surface area contributed by atoms with Crippen LogP contribution < -0.4 is 11.1 Å². The molecule has 1 aliphatic heterocycles. The maximum atomic E-state index is 12.3. The fourth-order valence-corrected chi connectivity index (χ4v) is 2.92. The fraction of sp³-hybridized carbons (Fsp3) is 0.588. The largest absolute Gasteiger partial charge is 0.385 e. The van der Waals surface area contributed by atoms with Crippen LogP contribution in [-0.4, -0.2) is 41.4 Å². The summed E-state index contributed by atoms with van der Waals surface area (Å²) >= 11 is 0. The van der Waals surface area contributed by atoms with E-state index in [1.807, 2.05) is 4.90 Å². The molecule has 0 radical (unpaired) electrons. The molecule has 132 valence electrons. The molecule has 0 bridgehead atoms. The molecule has 0 aliphatic carbocycles. The Morgan fingerprint density at radius 1 is 1.42 bits per heavy atom. The Balaban J connectivity index is 1.72. The van der Waals surface area contributed by atoms with E-state index < -0.39 is 4.92 Å². The molecule has 1 amide bonds. The monoisotopic (exact) mass is 334 g/mol. The van der Waals surface area contributed by atoms with E-state index in [1.54, 1.807) is 12.1 Å². The van der Waals surface area contributed by atoms with Gasteiger partial charge in [0.2, 0.25) is 5.91 Å². The molecule has 7 nitrogen and oxygen atoms in total. The van der Waals surface area contributed by atoms with Crippen LogP contribution in [0.15, 0.2) is 24.3 Å². The molecule has 1 aromatic rings. The topological polar surface area (TPSA) is 102 Å². The van der Waals surface area contributed by atoms with Crippen molar-refractivity contribution in [2.75, 3.05) is 25.0 Å². The Kier molecular flexibility index (Phi) is 5.77. The van der Waals surface area contributed by atoms with Crippen LogP contribution in [0.3, 0.4) is 0 Å². The average Bonchev–Trinajstić information content (AvgIpc) is 2.54. The summed E-state index contributed by atoms with van der Waals surface area (Å²) < 4.78 is 0. The summed E-state index contributed by atoms with van der Waals surface area (Å²) in [5.74, 6) is 0.167. The van der Waals surface area contributed by atoms with Crippen molar-refractivity contribution in [1.29, 1.82) is 0 Å². The number of non-ortho nitro benzene ring substituents is 1. The fourth-order valence-electron chi connectivity index (χ4n) is 2.92. The predicted octanol–water partition coefficient (Wildman–Crippen LogP) is 2.37. The molecule has 7 heteroatoms. The maximum absolute atomic E-state index is 12.3. The Bertz CT molecular complexity index is 586. The number of carbonyl (C=O) groups is 1. The maximum Gasteiger partial charge on any atom is 0.269 e. The summed E-state index contributed by atoms with van der Waals surface area (Å²) in [5, 5.41) is 13.8. The highest BCUT2D eigenvalue weighted by Crippen LogP contribution is 2.28. The minimum atomic E-state index is -0.422. The third-order valence-electron chi connectivity index (χ3n) is 4.64. The molecule has 2 rings (SSSR count). The van der Waals surface area contributed by atoms with Gasteiger partial charge in [0.15, 0.2) is 0 Å². The number of likely N-dealkylation sites (tertiary alicyclic amines) is 1. The number of amides is 1. The van der Waals surface area contributed by atoms with E-state index >= 15 is 0 Å². The highest BCUT2D eigenvalue weighted by atomic mass is 16.6. The third-order valence-corrected chi connectivity index (χ3v) is 4.64. The SMILES string of the molecule is CC1(C)CN(C(=O)CCCNc2ccc([N+](=O)[O-])cc2)CCC1N. The number of hydrogen-bond acceptors (Lipinski definition) is 5. The lowest BCUT2D eigenvalue weighted by molar-refractivity contribution is -0.384. The molecular formula is C17H26N4O3. The van der Waals surface area contributed by atoms with Gasteiger partial charge in [-0.1, -0.05) is 13.8 Å². The summed E-state index contributed by atoms with van der Waals surface area (Å²) in [6, 6.07) is 6.42. The van der Waals surface area contributed by atoms with Crippen LogP contribution in [-0.2, 0) is 4.79 Å². The molecule has 1 fully saturated rings. The van der Waals surface area contributed by atoms with Gasteiger partial charge < -0.3 is 16.0 Å². The van der Waals surface area contributed by atoms with Crippen molar-refractivity contribution < 1.29 is 9.72 Å². The van der Waals surface area contributed by atoms with Gasteiger partial charge in [-0.25, -0.2) is 0 Å². The predicted molar refractivity (Wildman–Crippen MR) is 93.8 cm³/mol. The van der Waals surface area contributed by atoms with Gasteiger partial charge >= 0.3 is 0 Å². The van der Waals surface area contributed by atoms with Crippen molar-refractivity contribution in [3.63, 3.8) is 0 Å². The van der Waals surface area contributed by atoms with Gasteiger partial charge in [0, 0.05) is 49.9 Å². The van der Waals surface area contributed by atoms with Crippen LogP contribution in [0.4, 0.5) is 11.4 Å². The lowest BCUT2D eigenvalue weighted by Gasteiger charge is -2.42. The van der Waals surface area contributed by atoms with E-state index in [4.69, 9.17) is 5.73 Å². The molecule has 1 atom stereocenters. The number of nitro benzene ring substituents is 1. The molecule has 1 aromatic carbocycles. The van der Waals surface area contributed by atoms with Gasteiger partial charge in [-0.15, -0.1) is 0 Å². The quantitative estimate of drug-likeness (QED) is 0.472. The summed E-state index contributed by atoms with van der Waals surface area (Å²) in [5.41, 5.74) is 6.95. The first kappa shape index (κ1) is 18.2. The van der Waals surface area contributed by atoms with Crippen molar-refractivity contribution in [1.82, 2.24) is 4.90 Å². The van der Waals surface area contributed by atoms with Crippen molar-refractivity contribution in [3.8, 4) is 0 Å². The minimum Gasteiger partial charge on any atom is -0.385 e. The van der Waals surface area contributed by atoms with Crippen LogP contribution in [0, 0.1) is 15.5 Å². The zero-order chi connectivity index (χ0) is 17.7. The molecule has 3 N–H and O–H groups in total. The molecule has 1 aliphatic rings. The van der Waals surface area contributed by atoms with E-state index in [0.717, 1.165) is 25.1 Å². The van der Waals surface area contributed by atoms with Gasteiger partial charge in [0.05, 0.1) is 4.92 Å². The van der Waals surface area contributed by atoms with Crippen molar-refractivity contribution in [2.45, 2.75) is 39.2 Å². The summed E-state index contributed by atoms with van der Waals surface area (Å²) in [6.07, 6.45) is 2.06. The first-order chi connectivity index (χ1) is 11.3. The van der Waals surface area contributed by atoms with Crippen molar-refractivity contribution in [2.24, 2.45) is 11.1 Å². The Morgan fingerprint density at radius 3 is 2.67 bits per heavy atom. The zero-order valence-electron chi connectivity index (χ0n) is 14.3. The van der Waals surface area contributed by atoms with Crippen LogP contribution in [0.2, 0.25) is 0 Å². The first-order valence-electron chi connectivity index (χ1n) is 8.31. The lowest BCUT2D eigenvalue weighted by Crippen LogP contribution is -2.54. The molecule has 1 unspecified atom stereocenters. The molecule has 1 heterocycles. The minimum absolute atomic E-state index is 0.0368. The van der Waals surface area contributed by atoms with Crippen LogP contribution in [0.25, 0.3) is 0 Å². The van der Waals surface area contributed by atoms with Gasteiger partial charge in [-0.3, -0.25) is 14.9 Å². The van der Waals surface area contributed by atoms with Gasteiger partial charge in [0.1, 0.15) is 0 Å². The second-order valence-corrected chi connectivity index (χ2v) is 7.03. The standard InChI is InChI=1S/C17H26N4O3/c1-17(2)12-20(11-9-15(17)18)16(22)4-3-10-19-13-5-7-14(8-6-13)21(23)24/h5-8,15,19H,3-4,9-12,18H2,1-2H3. The third kappa shape index (κ3) is 4.67.